The van der Waals surface area contributed by atoms with Gasteiger partial charge in [-0.2, -0.15) is 0 Å². The second-order valence-corrected chi connectivity index (χ2v) is 7.35. The van der Waals surface area contributed by atoms with E-state index < -0.39 is 0 Å². The van der Waals surface area contributed by atoms with Crippen molar-refractivity contribution in [3.8, 4) is 5.75 Å². The minimum atomic E-state index is -0.343. The Morgan fingerprint density at radius 2 is 2.03 bits per heavy atom. The standard InChI is InChI=1S/C22H35N5O3/c1-4-6-7-8-13-30-19-14-17(3)9-10-18(19)15-25-21(23-5-2)24-11-12-27-20(28)16-26-22(27)29/h9-10,14H,4-8,11-13,15-16H2,1-3H3,(H,26,29)(H2,23,24,25). The molecule has 166 valence electrons. The number of guanidine groups is 1. The van der Waals surface area contributed by atoms with Crippen molar-refractivity contribution in [2.24, 2.45) is 4.99 Å². The number of carbonyl (C=O) groups is 2. The Bertz CT molecular complexity index is 719. The number of ether oxygens (including phenoxy) is 1. The zero-order chi connectivity index (χ0) is 21.8. The highest BCUT2D eigenvalue weighted by molar-refractivity contribution is 6.01. The van der Waals surface area contributed by atoms with Gasteiger partial charge in [0.05, 0.1) is 19.7 Å². The SMILES string of the molecule is CCCCCCOc1cc(C)ccc1CN=C(NCC)NCCN1C(=O)CNC1=O. The van der Waals surface area contributed by atoms with Crippen molar-refractivity contribution in [3.05, 3.63) is 29.3 Å². The number of amides is 3. The quantitative estimate of drug-likeness (QED) is 0.210. The molecule has 0 bridgehead atoms. The number of rotatable bonds is 12. The summed E-state index contributed by atoms with van der Waals surface area (Å²) < 4.78 is 6.03. The van der Waals surface area contributed by atoms with E-state index in [4.69, 9.17) is 4.74 Å². The molecular formula is C22H35N5O3. The highest BCUT2D eigenvalue weighted by atomic mass is 16.5. The molecule has 0 saturated carbocycles. The number of carbonyl (C=O) groups excluding carboxylic acids is 2. The molecule has 0 aliphatic carbocycles. The smallest absolute Gasteiger partial charge is 0.324 e. The lowest BCUT2D eigenvalue weighted by Crippen LogP contribution is -2.43. The minimum Gasteiger partial charge on any atom is -0.493 e. The predicted molar refractivity (Wildman–Crippen MR) is 119 cm³/mol. The van der Waals surface area contributed by atoms with E-state index in [1.165, 1.54) is 24.2 Å². The van der Waals surface area contributed by atoms with Crippen LogP contribution in [0.1, 0.15) is 50.7 Å². The van der Waals surface area contributed by atoms with Crippen LogP contribution in [0.25, 0.3) is 0 Å². The lowest BCUT2D eigenvalue weighted by Gasteiger charge is -2.16. The van der Waals surface area contributed by atoms with Gasteiger partial charge in [-0.05, 0) is 31.9 Å². The molecule has 3 amide bonds. The summed E-state index contributed by atoms with van der Waals surface area (Å²) in [6.45, 7) is 8.94. The Hall–Kier alpha value is -2.77. The third-order valence-electron chi connectivity index (χ3n) is 4.79. The van der Waals surface area contributed by atoms with Gasteiger partial charge in [0.2, 0.25) is 5.91 Å². The molecule has 1 aromatic rings. The maximum absolute atomic E-state index is 11.7. The van der Waals surface area contributed by atoms with Crippen molar-refractivity contribution >= 4 is 17.9 Å². The predicted octanol–water partition coefficient (Wildman–Crippen LogP) is 2.56. The van der Waals surface area contributed by atoms with Gasteiger partial charge in [-0.25, -0.2) is 9.79 Å². The molecular weight excluding hydrogens is 382 g/mol. The molecule has 1 saturated heterocycles. The van der Waals surface area contributed by atoms with Crippen LogP contribution in [0.3, 0.4) is 0 Å². The Morgan fingerprint density at radius 3 is 2.73 bits per heavy atom. The van der Waals surface area contributed by atoms with Gasteiger partial charge >= 0.3 is 6.03 Å². The van der Waals surface area contributed by atoms with E-state index in [1.54, 1.807) is 0 Å². The summed E-state index contributed by atoms with van der Waals surface area (Å²) in [4.78, 5) is 29.1. The summed E-state index contributed by atoms with van der Waals surface area (Å²) in [6.07, 6.45) is 4.68. The number of aliphatic imine (C=N–C) groups is 1. The van der Waals surface area contributed by atoms with E-state index in [0.29, 0.717) is 38.7 Å². The fourth-order valence-electron chi connectivity index (χ4n) is 3.11. The molecule has 0 aromatic heterocycles. The van der Waals surface area contributed by atoms with Crippen molar-refractivity contribution in [1.29, 1.82) is 0 Å². The first kappa shape index (κ1) is 23.5. The molecule has 8 heteroatoms. The summed E-state index contributed by atoms with van der Waals surface area (Å²) in [5.41, 5.74) is 2.19. The van der Waals surface area contributed by atoms with Crippen LogP contribution < -0.4 is 20.7 Å². The molecule has 1 aromatic carbocycles. The fraction of sp³-hybridized carbons (Fsp3) is 0.591. The van der Waals surface area contributed by atoms with E-state index in [0.717, 1.165) is 23.3 Å². The minimum absolute atomic E-state index is 0.0711. The number of hydrogen-bond donors (Lipinski definition) is 3. The first-order valence-corrected chi connectivity index (χ1v) is 10.9. The lowest BCUT2D eigenvalue weighted by molar-refractivity contribution is -0.124. The van der Waals surface area contributed by atoms with Gasteiger partial charge in [-0.15, -0.1) is 0 Å². The van der Waals surface area contributed by atoms with E-state index >= 15 is 0 Å². The number of aryl methyl sites for hydroxylation is 1. The summed E-state index contributed by atoms with van der Waals surface area (Å²) in [5.74, 6) is 1.31. The van der Waals surface area contributed by atoms with Crippen molar-refractivity contribution < 1.29 is 14.3 Å². The van der Waals surface area contributed by atoms with Crippen LogP contribution in [-0.4, -0.2) is 55.6 Å². The third-order valence-corrected chi connectivity index (χ3v) is 4.79. The maximum atomic E-state index is 11.7. The fourth-order valence-corrected chi connectivity index (χ4v) is 3.11. The number of benzene rings is 1. The summed E-state index contributed by atoms with van der Waals surface area (Å²) in [7, 11) is 0. The van der Waals surface area contributed by atoms with Gasteiger partial charge < -0.3 is 20.7 Å². The third kappa shape index (κ3) is 7.57. The van der Waals surface area contributed by atoms with Crippen molar-refractivity contribution in [2.45, 2.75) is 53.0 Å². The normalized spacial score (nSPS) is 14.1. The van der Waals surface area contributed by atoms with Gasteiger partial charge in [0, 0.05) is 25.2 Å². The molecule has 30 heavy (non-hydrogen) atoms. The molecule has 1 aliphatic rings. The Morgan fingerprint density at radius 1 is 1.20 bits per heavy atom. The van der Waals surface area contributed by atoms with Crippen LogP contribution in [0.2, 0.25) is 0 Å². The van der Waals surface area contributed by atoms with Crippen LogP contribution in [-0.2, 0) is 11.3 Å². The monoisotopic (exact) mass is 417 g/mol. The summed E-state index contributed by atoms with van der Waals surface area (Å²) in [5, 5.41) is 8.89. The number of imide groups is 1. The van der Waals surface area contributed by atoms with E-state index in [2.05, 4.69) is 53.0 Å². The topological polar surface area (TPSA) is 95.1 Å². The van der Waals surface area contributed by atoms with E-state index in [9.17, 15) is 9.59 Å². The van der Waals surface area contributed by atoms with Gasteiger partial charge in [0.25, 0.3) is 0 Å². The second kappa shape index (κ2) is 12.7. The van der Waals surface area contributed by atoms with Gasteiger partial charge in [0.15, 0.2) is 5.96 Å². The molecule has 1 aliphatic heterocycles. The largest absolute Gasteiger partial charge is 0.493 e. The number of nitrogens with one attached hydrogen (secondary N) is 3. The van der Waals surface area contributed by atoms with Crippen molar-refractivity contribution in [3.63, 3.8) is 0 Å². The molecule has 3 N–H and O–H groups in total. The van der Waals surface area contributed by atoms with Gasteiger partial charge in [-0.3, -0.25) is 9.69 Å². The molecule has 0 unspecified atom stereocenters. The highest BCUT2D eigenvalue weighted by Gasteiger charge is 2.27. The molecule has 1 heterocycles. The zero-order valence-electron chi connectivity index (χ0n) is 18.4. The van der Waals surface area contributed by atoms with Crippen LogP contribution in [0, 0.1) is 6.92 Å². The number of urea groups is 1. The maximum Gasteiger partial charge on any atom is 0.324 e. The molecule has 1 fully saturated rings. The zero-order valence-corrected chi connectivity index (χ0v) is 18.4. The Balaban J connectivity index is 1.92. The lowest BCUT2D eigenvalue weighted by atomic mass is 10.1. The summed E-state index contributed by atoms with van der Waals surface area (Å²) in [6, 6.07) is 5.83. The number of hydrogen-bond acceptors (Lipinski definition) is 4. The molecule has 2 rings (SSSR count). The van der Waals surface area contributed by atoms with Crippen molar-refractivity contribution in [2.75, 3.05) is 32.8 Å². The van der Waals surface area contributed by atoms with Crippen molar-refractivity contribution in [1.82, 2.24) is 20.9 Å². The number of nitrogens with zero attached hydrogens (tertiary/aromatic N) is 2. The van der Waals surface area contributed by atoms with Crippen LogP contribution in [0.4, 0.5) is 4.79 Å². The van der Waals surface area contributed by atoms with Crippen LogP contribution in [0.15, 0.2) is 23.2 Å². The van der Waals surface area contributed by atoms with Gasteiger partial charge in [-0.1, -0.05) is 38.3 Å². The highest BCUT2D eigenvalue weighted by Crippen LogP contribution is 2.21. The summed E-state index contributed by atoms with van der Waals surface area (Å²) >= 11 is 0. The molecule has 0 spiro atoms. The van der Waals surface area contributed by atoms with E-state index in [1.807, 2.05) is 6.92 Å². The first-order chi connectivity index (χ1) is 14.5. The number of unbranched alkanes of at least 4 members (excludes halogenated alkanes) is 3. The first-order valence-electron chi connectivity index (χ1n) is 10.9. The Kier molecular flexibility index (Phi) is 9.97. The molecule has 0 atom stereocenters. The average Bonchev–Trinajstić information content (AvgIpc) is 3.05. The van der Waals surface area contributed by atoms with Gasteiger partial charge in [0.1, 0.15) is 5.75 Å². The Labute approximate surface area is 179 Å². The molecule has 8 nitrogen and oxygen atoms in total. The molecule has 0 radical (unpaired) electrons. The van der Waals surface area contributed by atoms with Crippen LogP contribution >= 0.6 is 0 Å². The van der Waals surface area contributed by atoms with Crippen LogP contribution in [0.5, 0.6) is 5.75 Å². The second-order valence-electron chi connectivity index (χ2n) is 7.35. The van der Waals surface area contributed by atoms with E-state index in [-0.39, 0.29) is 18.5 Å². The average molecular weight is 418 g/mol.